The van der Waals surface area contributed by atoms with Gasteiger partial charge in [-0.1, -0.05) is 60.7 Å². The Bertz CT molecular complexity index is 1300. The van der Waals surface area contributed by atoms with Gasteiger partial charge in [0.05, 0.1) is 10.6 Å². The maximum Gasteiger partial charge on any atom is 0.244 e. The Balaban J connectivity index is 1.53. The third-order valence-electron chi connectivity index (χ3n) is 4.65. The summed E-state index contributed by atoms with van der Waals surface area (Å²) in [7, 11) is -3.25. The first-order valence-corrected chi connectivity index (χ1v) is 13.4. The molecule has 0 saturated carbocycles. The molecular formula is C24H20N2O3S3. The van der Waals surface area contributed by atoms with Crippen molar-refractivity contribution in [3.05, 3.63) is 95.9 Å². The standard InChI is InChI=1S/C24H20N2O3S3/c1-32(28,29)20-14-12-17(13-15-20)21-16-30-24(25-21)26-23(27)22(18-8-4-2-5-9-18)31-19-10-6-3-7-11-19/h2-16,22H,1H3,(H,25,26,27)/t22-/m0/s1. The molecule has 4 rings (SSSR count). The molecular weight excluding hydrogens is 460 g/mol. The Morgan fingerprint density at radius 1 is 0.938 bits per heavy atom. The van der Waals surface area contributed by atoms with E-state index in [9.17, 15) is 13.2 Å². The van der Waals surface area contributed by atoms with Crippen LogP contribution in [0.15, 0.2) is 100 Å². The molecule has 0 bridgehead atoms. The van der Waals surface area contributed by atoms with Crippen molar-refractivity contribution in [1.29, 1.82) is 0 Å². The predicted molar refractivity (Wildman–Crippen MR) is 131 cm³/mol. The third-order valence-corrected chi connectivity index (χ3v) is 7.80. The first-order valence-electron chi connectivity index (χ1n) is 9.74. The Morgan fingerprint density at radius 2 is 1.56 bits per heavy atom. The van der Waals surface area contributed by atoms with Crippen LogP contribution < -0.4 is 5.32 Å². The largest absolute Gasteiger partial charge is 0.301 e. The lowest BCUT2D eigenvalue weighted by atomic mass is 10.1. The van der Waals surface area contributed by atoms with Gasteiger partial charge in [-0.2, -0.15) is 0 Å². The molecule has 1 N–H and O–H groups in total. The van der Waals surface area contributed by atoms with Crippen LogP contribution in [0.25, 0.3) is 11.3 Å². The van der Waals surface area contributed by atoms with E-state index in [2.05, 4.69) is 10.3 Å². The summed E-state index contributed by atoms with van der Waals surface area (Å²) >= 11 is 2.81. The number of nitrogens with one attached hydrogen (secondary N) is 1. The zero-order chi connectivity index (χ0) is 22.6. The fourth-order valence-electron chi connectivity index (χ4n) is 3.04. The number of carbonyl (C=O) groups is 1. The number of thioether (sulfide) groups is 1. The number of benzene rings is 3. The fourth-order valence-corrected chi connectivity index (χ4v) is 5.44. The number of rotatable bonds is 7. The van der Waals surface area contributed by atoms with Crippen LogP contribution in [0.5, 0.6) is 0 Å². The lowest BCUT2D eigenvalue weighted by Gasteiger charge is -2.16. The van der Waals surface area contributed by atoms with Gasteiger partial charge < -0.3 is 5.32 Å². The predicted octanol–water partition coefficient (Wildman–Crippen LogP) is 5.69. The van der Waals surface area contributed by atoms with Crippen LogP contribution in [0, 0.1) is 0 Å². The minimum atomic E-state index is -3.25. The van der Waals surface area contributed by atoms with E-state index >= 15 is 0 Å². The Hall–Kier alpha value is -2.94. The molecule has 0 radical (unpaired) electrons. The number of carbonyl (C=O) groups excluding carboxylic acids is 1. The highest BCUT2D eigenvalue weighted by molar-refractivity contribution is 8.00. The number of aromatic nitrogens is 1. The van der Waals surface area contributed by atoms with Crippen LogP contribution in [0.4, 0.5) is 5.13 Å². The van der Waals surface area contributed by atoms with Gasteiger partial charge in [0.2, 0.25) is 5.91 Å². The molecule has 0 spiro atoms. The lowest BCUT2D eigenvalue weighted by molar-refractivity contribution is -0.115. The lowest BCUT2D eigenvalue weighted by Crippen LogP contribution is -2.18. The number of hydrogen-bond acceptors (Lipinski definition) is 6. The zero-order valence-corrected chi connectivity index (χ0v) is 19.6. The number of amides is 1. The molecule has 0 aliphatic heterocycles. The minimum absolute atomic E-state index is 0.154. The quantitative estimate of drug-likeness (QED) is 0.344. The van der Waals surface area contributed by atoms with Crippen LogP contribution in [0.1, 0.15) is 10.8 Å². The Labute approximate surface area is 195 Å². The average molecular weight is 481 g/mol. The maximum absolute atomic E-state index is 13.2. The van der Waals surface area contributed by atoms with Crippen molar-refractivity contribution in [2.24, 2.45) is 0 Å². The van der Waals surface area contributed by atoms with Crippen molar-refractivity contribution in [2.45, 2.75) is 15.0 Å². The second-order valence-electron chi connectivity index (χ2n) is 7.05. The van der Waals surface area contributed by atoms with E-state index in [1.807, 2.05) is 66.0 Å². The van der Waals surface area contributed by atoms with Crippen LogP contribution in [-0.2, 0) is 14.6 Å². The van der Waals surface area contributed by atoms with Gasteiger partial charge in [0.25, 0.3) is 0 Å². The van der Waals surface area contributed by atoms with Gasteiger partial charge in [0.1, 0.15) is 5.25 Å². The molecule has 0 aliphatic carbocycles. The van der Waals surface area contributed by atoms with Crippen molar-refractivity contribution in [3.63, 3.8) is 0 Å². The molecule has 0 fully saturated rings. The highest BCUT2D eigenvalue weighted by Gasteiger charge is 2.23. The van der Waals surface area contributed by atoms with E-state index < -0.39 is 15.1 Å². The summed E-state index contributed by atoms with van der Waals surface area (Å²) in [6.45, 7) is 0. The smallest absolute Gasteiger partial charge is 0.244 e. The molecule has 162 valence electrons. The molecule has 0 unspecified atom stereocenters. The topological polar surface area (TPSA) is 76.1 Å². The molecule has 1 amide bonds. The number of hydrogen-bond donors (Lipinski definition) is 1. The molecule has 1 aromatic heterocycles. The summed E-state index contributed by atoms with van der Waals surface area (Å²) in [5, 5.41) is 4.84. The maximum atomic E-state index is 13.2. The fraction of sp³-hybridized carbons (Fsp3) is 0.0833. The van der Waals surface area contributed by atoms with E-state index in [0.29, 0.717) is 10.8 Å². The summed E-state index contributed by atoms with van der Waals surface area (Å²) in [5.74, 6) is -0.154. The minimum Gasteiger partial charge on any atom is -0.301 e. The van der Waals surface area contributed by atoms with Crippen molar-refractivity contribution >= 4 is 44.0 Å². The van der Waals surface area contributed by atoms with E-state index in [1.54, 1.807) is 24.3 Å². The molecule has 0 aliphatic rings. The summed E-state index contributed by atoms with van der Waals surface area (Å²) in [4.78, 5) is 19.0. The van der Waals surface area contributed by atoms with Gasteiger partial charge in [-0.25, -0.2) is 13.4 Å². The summed E-state index contributed by atoms with van der Waals surface area (Å²) < 4.78 is 23.3. The van der Waals surface area contributed by atoms with Crippen LogP contribution in [0.2, 0.25) is 0 Å². The molecule has 5 nitrogen and oxygen atoms in total. The van der Waals surface area contributed by atoms with Gasteiger partial charge in [-0.3, -0.25) is 4.79 Å². The molecule has 1 heterocycles. The summed E-state index contributed by atoms with van der Waals surface area (Å²) in [6, 6.07) is 26.0. The number of thiazole rings is 1. The third kappa shape index (κ3) is 5.45. The first-order chi connectivity index (χ1) is 15.4. The van der Waals surface area contributed by atoms with Gasteiger partial charge in [0, 0.05) is 22.1 Å². The van der Waals surface area contributed by atoms with Gasteiger partial charge in [0.15, 0.2) is 15.0 Å². The van der Waals surface area contributed by atoms with Gasteiger partial charge in [-0.05, 0) is 29.8 Å². The second-order valence-corrected chi connectivity index (χ2v) is 11.1. The second kappa shape index (κ2) is 9.68. The van der Waals surface area contributed by atoms with E-state index in [4.69, 9.17) is 0 Å². The van der Waals surface area contributed by atoms with Crippen molar-refractivity contribution < 1.29 is 13.2 Å². The first kappa shape index (κ1) is 22.3. The highest BCUT2D eigenvalue weighted by atomic mass is 32.2. The molecule has 3 aromatic carbocycles. The number of sulfone groups is 1. The molecule has 4 aromatic rings. The van der Waals surface area contributed by atoms with Crippen molar-refractivity contribution in [3.8, 4) is 11.3 Å². The van der Waals surface area contributed by atoms with Crippen molar-refractivity contribution in [2.75, 3.05) is 11.6 Å². The van der Waals surface area contributed by atoms with Crippen molar-refractivity contribution in [1.82, 2.24) is 4.98 Å². The normalized spacial score (nSPS) is 12.3. The molecule has 8 heteroatoms. The van der Waals surface area contributed by atoms with E-state index in [0.717, 1.165) is 16.0 Å². The summed E-state index contributed by atoms with van der Waals surface area (Å²) in [6.07, 6.45) is 1.18. The van der Waals surface area contributed by atoms with Crippen LogP contribution in [-0.4, -0.2) is 25.6 Å². The van der Waals surface area contributed by atoms with Gasteiger partial charge >= 0.3 is 0 Å². The molecule has 0 saturated heterocycles. The SMILES string of the molecule is CS(=O)(=O)c1ccc(-c2csc(NC(=O)[C@@H](Sc3ccccc3)c3ccccc3)n2)cc1. The summed E-state index contributed by atoms with van der Waals surface area (Å²) in [5.41, 5.74) is 2.37. The van der Waals surface area contributed by atoms with Gasteiger partial charge in [-0.15, -0.1) is 23.1 Å². The molecule has 32 heavy (non-hydrogen) atoms. The number of nitrogens with zero attached hydrogens (tertiary/aromatic N) is 1. The Kier molecular flexibility index (Phi) is 6.74. The van der Waals surface area contributed by atoms with Crippen LogP contribution >= 0.6 is 23.1 Å². The van der Waals surface area contributed by atoms with E-state index in [1.165, 1.54) is 29.4 Å². The average Bonchev–Trinajstić information content (AvgIpc) is 3.26. The zero-order valence-electron chi connectivity index (χ0n) is 17.1. The monoisotopic (exact) mass is 480 g/mol. The Morgan fingerprint density at radius 3 is 2.19 bits per heavy atom. The van der Waals surface area contributed by atoms with Crippen LogP contribution in [0.3, 0.4) is 0 Å². The highest BCUT2D eigenvalue weighted by Crippen LogP contribution is 2.36. The molecule has 1 atom stereocenters. The number of anilines is 1. The van der Waals surface area contributed by atoms with E-state index in [-0.39, 0.29) is 10.8 Å².